The topological polar surface area (TPSA) is 87.3 Å². The Kier molecular flexibility index (Phi) is 7.96. The van der Waals surface area contributed by atoms with Crippen LogP contribution in [-0.4, -0.2) is 40.2 Å². The summed E-state index contributed by atoms with van der Waals surface area (Å²) >= 11 is 7.55. The highest BCUT2D eigenvalue weighted by Crippen LogP contribution is 2.34. The number of hydrogen-bond acceptors (Lipinski definition) is 6. The molecule has 2 heterocycles. The summed E-state index contributed by atoms with van der Waals surface area (Å²) in [7, 11) is 0. The number of aliphatic imine (C=N–C) groups is 1. The van der Waals surface area contributed by atoms with E-state index >= 15 is 0 Å². The van der Waals surface area contributed by atoms with Crippen molar-refractivity contribution < 1.29 is 14.3 Å². The van der Waals surface area contributed by atoms with E-state index in [1.54, 1.807) is 24.3 Å². The van der Waals surface area contributed by atoms with Crippen LogP contribution in [0.2, 0.25) is 5.02 Å². The number of amides is 1. The maximum Gasteiger partial charge on any atom is 0.283 e. The molecule has 1 saturated carbocycles. The molecule has 192 valence electrons. The molecule has 0 atom stereocenters. The van der Waals surface area contributed by atoms with Gasteiger partial charge in [0.05, 0.1) is 5.57 Å². The Morgan fingerprint density at radius 3 is 2.62 bits per heavy atom. The molecule has 0 bridgehead atoms. The average molecular weight is 537 g/mol. The van der Waals surface area contributed by atoms with Gasteiger partial charge >= 0.3 is 0 Å². The molecule has 0 aromatic heterocycles. The Hall–Kier alpha value is -3.10. The summed E-state index contributed by atoms with van der Waals surface area (Å²) in [6.07, 6.45) is 8.83. The molecule has 2 aromatic rings. The lowest BCUT2D eigenvalue weighted by Crippen LogP contribution is -2.35. The van der Waals surface area contributed by atoms with E-state index in [0.717, 1.165) is 10.8 Å². The van der Waals surface area contributed by atoms with Crippen LogP contribution in [0.1, 0.15) is 62.5 Å². The van der Waals surface area contributed by atoms with Gasteiger partial charge in [0.1, 0.15) is 29.8 Å². The highest BCUT2D eigenvalue weighted by atomic mass is 35.5. The lowest BCUT2D eigenvalue weighted by molar-refractivity contribution is -0.114. The number of hydrogen-bond donors (Lipinski definition) is 1. The molecule has 7 nitrogen and oxygen atoms in total. The van der Waals surface area contributed by atoms with E-state index in [1.807, 2.05) is 19.1 Å². The van der Waals surface area contributed by atoms with Crippen LogP contribution in [0.25, 0.3) is 6.08 Å². The molecular weight excluding hydrogens is 508 g/mol. The van der Waals surface area contributed by atoms with E-state index < -0.39 is 5.91 Å². The smallest absolute Gasteiger partial charge is 0.283 e. The van der Waals surface area contributed by atoms with Crippen LogP contribution in [0.4, 0.5) is 0 Å². The summed E-state index contributed by atoms with van der Waals surface area (Å²) in [6.45, 7) is 2.64. The van der Waals surface area contributed by atoms with E-state index in [-0.39, 0.29) is 11.4 Å². The second-order valence-corrected chi connectivity index (χ2v) is 10.6. The van der Waals surface area contributed by atoms with Crippen molar-refractivity contribution in [2.24, 2.45) is 10.1 Å². The number of rotatable bonds is 8. The molecule has 1 fully saturated rings. The Morgan fingerprint density at radius 1 is 1.11 bits per heavy atom. The molecule has 0 saturated heterocycles. The SMILES string of the molecule is CCC1=NN2C(=N)C(=Cc3cc(Cl)ccc3OCCOc3ccc(C4CCCCC4)cc3)C(=O)N=C2S1. The zero-order chi connectivity index (χ0) is 25.8. The Balaban J connectivity index is 1.23. The van der Waals surface area contributed by atoms with Crippen molar-refractivity contribution >= 4 is 51.4 Å². The van der Waals surface area contributed by atoms with Crippen LogP contribution in [0.5, 0.6) is 11.5 Å². The van der Waals surface area contributed by atoms with Gasteiger partial charge in [-0.2, -0.15) is 15.1 Å². The fourth-order valence-corrected chi connectivity index (χ4v) is 5.68. The maximum atomic E-state index is 12.7. The fourth-order valence-electron chi connectivity index (χ4n) is 4.68. The average Bonchev–Trinajstić information content (AvgIpc) is 3.34. The molecule has 3 aliphatic rings. The number of carbonyl (C=O) groups is 1. The predicted octanol–water partition coefficient (Wildman–Crippen LogP) is 6.87. The lowest BCUT2D eigenvalue weighted by atomic mass is 9.84. The van der Waals surface area contributed by atoms with E-state index in [2.05, 4.69) is 22.2 Å². The van der Waals surface area contributed by atoms with Gasteiger partial charge in [0.25, 0.3) is 5.91 Å². The molecule has 5 rings (SSSR count). The zero-order valence-corrected chi connectivity index (χ0v) is 22.3. The van der Waals surface area contributed by atoms with E-state index in [4.69, 9.17) is 26.5 Å². The minimum absolute atomic E-state index is 0.0168. The van der Waals surface area contributed by atoms with Gasteiger partial charge in [0.2, 0.25) is 5.17 Å². The Labute approximate surface area is 226 Å². The number of nitrogens with one attached hydrogen (secondary N) is 1. The summed E-state index contributed by atoms with van der Waals surface area (Å²) in [5, 5.41) is 16.0. The number of amidine groups is 2. The van der Waals surface area contributed by atoms with Crippen LogP contribution in [-0.2, 0) is 4.79 Å². The highest BCUT2D eigenvalue weighted by molar-refractivity contribution is 8.26. The van der Waals surface area contributed by atoms with Gasteiger partial charge < -0.3 is 9.47 Å². The quantitative estimate of drug-likeness (QED) is 0.293. The number of hydrazone groups is 1. The van der Waals surface area contributed by atoms with Gasteiger partial charge in [-0.05, 0) is 78.9 Å². The van der Waals surface area contributed by atoms with E-state index in [0.29, 0.717) is 47.1 Å². The third-order valence-corrected chi connectivity index (χ3v) is 7.92. The molecule has 9 heteroatoms. The molecule has 1 amide bonds. The van der Waals surface area contributed by atoms with Crippen molar-refractivity contribution in [3.63, 3.8) is 0 Å². The van der Waals surface area contributed by atoms with Crippen LogP contribution in [0, 0.1) is 5.41 Å². The van der Waals surface area contributed by atoms with Crippen molar-refractivity contribution in [3.05, 3.63) is 64.2 Å². The van der Waals surface area contributed by atoms with Crippen molar-refractivity contribution in [2.75, 3.05) is 13.2 Å². The normalized spacial score (nSPS) is 19.1. The van der Waals surface area contributed by atoms with Crippen molar-refractivity contribution in [2.45, 2.75) is 51.4 Å². The first-order valence-electron chi connectivity index (χ1n) is 12.7. The minimum atomic E-state index is -0.484. The Bertz CT molecular complexity index is 1280. The maximum absolute atomic E-state index is 12.7. The van der Waals surface area contributed by atoms with Crippen molar-refractivity contribution in [1.29, 1.82) is 5.41 Å². The standard InChI is InChI=1S/C28H29ClN4O3S/c1-2-25-32-33-26(30)23(27(34)31-28(33)37-25)17-20-16-21(29)10-13-24(20)36-15-14-35-22-11-8-19(9-12-22)18-6-4-3-5-7-18/h8-13,16-18,30H,2-7,14-15H2,1H3. The molecule has 0 spiro atoms. The van der Waals surface area contributed by atoms with Crippen LogP contribution < -0.4 is 9.47 Å². The first kappa shape index (κ1) is 25.5. The van der Waals surface area contributed by atoms with Crippen LogP contribution in [0.3, 0.4) is 0 Å². The first-order valence-corrected chi connectivity index (χ1v) is 13.9. The molecule has 1 aliphatic carbocycles. The molecule has 37 heavy (non-hydrogen) atoms. The number of ether oxygens (including phenoxy) is 2. The molecular formula is C28H29ClN4O3S. The van der Waals surface area contributed by atoms with Gasteiger partial charge in [-0.15, -0.1) is 0 Å². The molecule has 1 N–H and O–H groups in total. The molecule has 0 unspecified atom stereocenters. The molecule has 2 aromatic carbocycles. The molecule has 2 aliphatic heterocycles. The first-order chi connectivity index (χ1) is 18.0. The predicted molar refractivity (Wildman–Crippen MR) is 150 cm³/mol. The summed E-state index contributed by atoms with van der Waals surface area (Å²) in [5.41, 5.74) is 2.11. The van der Waals surface area contributed by atoms with E-state index in [9.17, 15) is 4.79 Å². The highest BCUT2D eigenvalue weighted by Gasteiger charge is 2.35. The van der Waals surface area contributed by atoms with Gasteiger partial charge in [-0.3, -0.25) is 10.2 Å². The second-order valence-electron chi connectivity index (χ2n) is 9.15. The zero-order valence-electron chi connectivity index (χ0n) is 20.7. The van der Waals surface area contributed by atoms with Crippen LogP contribution >= 0.6 is 23.4 Å². The van der Waals surface area contributed by atoms with Crippen molar-refractivity contribution in [3.8, 4) is 11.5 Å². The van der Waals surface area contributed by atoms with Gasteiger partial charge in [-0.1, -0.05) is 49.9 Å². The summed E-state index contributed by atoms with van der Waals surface area (Å²) < 4.78 is 11.9. The number of thioether (sulfide) groups is 1. The summed E-state index contributed by atoms with van der Waals surface area (Å²) in [4.78, 5) is 16.8. The lowest BCUT2D eigenvalue weighted by Gasteiger charge is -2.22. The monoisotopic (exact) mass is 536 g/mol. The van der Waals surface area contributed by atoms with Crippen molar-refractivity contribution in [1.82, 2.24) is 5.01 Å². The number of carbonyl (C=O) groups excluding carboxylic acids is 1. The number of halogens is 1. The Morgan fingerprint density at radius 2 is 1.86 bits per heavy atom. The number of benzene rings is 2. The summed E-state index contributed by atoms with van der Waals surface area (Å²) in [5.74, 6) is 1.52. The number of nitrogens with zero attached hydrogens (tertiary/aromatic N) is 3. The summed E-state index contributed by atoms with van der Waals surface area (Å²) in [6, 6.07) is 13.6. The third kappa shape index (κ3) is 5.91. The van der Waals surface area contributed by atoms with Gasteiger partial charge in [0.15, 0.2) is 5.84 Å². The minimum Gasteiger partial charge on any atom is -0.490 e. The fraction of sp³-hybridized carbons (Fsp3) is 0.357. The molecule has 0 radical (unpaired) electrons. The van der Waals surface area contributed by atoms with Crippen LogP contribution in [0.15, 0.2) is 58.1 Å². The van der Waals surface area contributed by atoms with E-state index in [1.165, 1.54) is 54.4 Å². The third-order valence-electron chi connectivity index (χ3n) is 6.64. The van der Waals surface area contributed by atoms with Gasteiger partial charge in [0, 0.05) is 10.6 Å². The largest absolute Gasteiger partial charge is 0.490 e. The van der Waals surface area contributed by atoms with Gasteiger partial charge in [-0.25, -0.2) is 0 Å². The number of fused-ring (bicyclic) bond motifs is 1. The second kappa shape index (κ2) is 11.5.